The first-order valence-electron chi connectivity index (χ1n) is 7.13. The third-order valence-electron chi connectivity index (χ3n) is 3.86. The van der Waals surface area contributed by atoms with Crippen LogP contribution in [0.5, 0.6) is 0 Å². The number of rotatable bonds is 6. The molecule has 0 bridgehead atoms. The van der Waals surface area contributed by atoms with Gasteiger partial charge in [0.05, 0.1) is 0 Å². The first-order valence-corrected chi connectivity index (χ1v) is 8.01. The smallest absolute Gasteiger partial charge is 0.0331 e. The highest BCUT2D eigenvalue weighted by atomic mass is 32.1. The Bertz CT molecular complexity index is 348. The summed E-state index contributed by atoms with van der Waals surface area (Å²) in [5, 5.41) is 6.03. The average Bonchev–Trinajstić information content (AvgIpc) is 2.69. The molecule has 0 radical (unpaired) electrons. The molecule has 2 heteroatoms. The fraction of sp³-hybridized carbons (Fsp3) is 0.750. The molecule has 0 saturated carbocycles. The highest BCUT2D eigenvalue weighted by Crippen LogP contribution is 2.34. The molecule has 2 unspecified atom stereocenters. The van der Waals surface area contributed by atoms with Crippen LogP contribution < -0.4 is 5.32 Å². The molecule has 0 spiro atoms. The zero-order valence-electron chi connectivity index (χ0n) is 12.8. The van der Waals surface area contributed by atoms with E-state index in [4.69, 9.17) is 0 Å². The Morgan fingerprint density at radius 1 is 1.33 bits per heavy atom. The van der Waals surface area contributed by atoms with Gasteiger partial charge in [0, 0.05) is 10.9 Å². The molecule has 0 fully saturated rings. The van der Waals surface area contributed by atoms with Crippen molar-refractivity contribution in [1.29, 1.82) is 0 Å². The minimum atomic E-state index is 0.386. The van der Waals surface area contributed by atoms with Gasteiger partial charge in [-0.1, -0.05) is 34.6 Å². The second-order valence-electron chi connectivity index (χ2n) is 6.50. The summed E-state index contributed by atoms with van der Waals surface area (Å²) >= 11 is 1.86. The second kappa shape index (κ2) is 6.72. The lowest BCUT2D eigenvalue weighted by Gasteiger charge is -2.31. The molecule has 1 N–H and O–H groups in total. The molecule has 1 nitrogen and oxygen atoms in total. The maximum absolute atomic E-state index is 3.71. The van der Waals surface area contributed by atoms with Crippen LogP contribution >= 0.6 is 11.3 Å². The molecule has 0 aliphatic rings. The van der Waals surface area contributed by atoms with Crippen LogP contribution in [-0.2, 0) is 0 Å². The minimum Gasteiger partial charge on any atom is -0.310 e. The Hall–Kier alpha value is -0.340. The standard InChI is InChI=1S/C16H29NS/c1-7-8-17-15(9-12(2)16(4,5)6)14-10-13(3)18-11-14/h10-12,15,17H,7-9H2,1-6H3. The van der Waals surface area contributed by atoms with E-state index in [0.717, 1.165) is 6.54 Å². The van der Waals surface area contributed by atoms with Crippen LogP contribution in [0.25, 0.3) is 0 Å². The van der Waals surface area contributed by atoms with Crippen LogP contribution in [0.2, 0.25) is 0 Å². The maximum atomic E-state index is 3.71. The SMILES string of the molecule is CCCNC(CC(C)C(C)(C)C)c1csc(C)c1. The van der Waals surface area contributed by atoms with Crippen molar-refractivity contribution in [3.8, 4) is 0 Å². The van der Waals surface area contributed by atoms with Gasteiger partial charge < -0.3 is 5.32 Å². The van der Waals surface area contributed by atoms with Crippen molar-refractivity contribution in [1.82, 2.24) is 5.32 Å². The molecule has 0 aliphatic carbocycles. The highest BCUT2D eigenvalue weighted by molar-refractivity contribution is 7.10. The van der Waals surface area contributed by atoms with Crippen molar-refractivity contribution in [2.24, 2.45) is 11.3 Å². The normalized spacial score (nSPS) is 15.7. The van der Waals surface area contributed by atoms with Crippen molar-refractivity contribution in [2.75, 3.05) is 6.54 Å². The molecule has 0 aromatic carbocycles. The Balaban J connectivity index is 2.73. The van der Waals surface area contributed by atoms with Crippen LogP contribution in [0.15, 0.2) is 11.4 Å². The number of hydrogen-bond acceptors (Lipinski definition) is 2. The van der Waals surface area contributed by atoms with E-state index in [2.05, 4.69) is 58.3 Å². The lowest BCUT2D eigenvalue weighted by Crippen LogP contribution is -2.27. The minimum absolute atomic E-state index is 0.386. The van der Waals surface area contributed by atoms with E-state index in [-0.39, 0.29) is 0 Å². The fourth-order valence-corrected chi connectivity index (χ4v) is 2.77. The third-order valence-corrected chi connectivity index (χ3v) is 4.74. The lowest BCUT2D eigenvalue weighted by molar-refractivity contribution is 0.223. The average molecular weight is 267 g/mol. The molecule has 104 valence electrons. The summed E-state index contributed by atoms with van der Waals surface area (Å²) in [4.78, 5) is 1.41. The fourth-order valence-electron chi connectivity index (χ4n) is 2.01. The van der Waals surface area contributed by atoms with E-state index < -0.39 is 0 Å². The summed E-state index contributed by atoms with van der Waals surface area (Å²) < 4.78 is 0. The third kappa shape index (κ3) is 4.74. The number of thiophene rings is 1. The Labute approximate surface area is 117 Å². The van der Waals surface area contributed by atoms with Gasteiger partial charge in [-0.05, 0) is 54.7 Å². The first-order chi connectivity index (χ1) is 8.34. The van der Waals surface area contributed by atoms with E-state index in [1.165, 1.54) is 23.3 Å². The van der Waals surface area contributed by atoms with Gasteiger partial charge >= 0.3 is 0 Å². The molecule has 1 aromatic rings. The first kappa shape index (κ1) is 15.7. The molecule has 0 aliphatic heterocycles. The van der Waals surface area contributed by atoms with Gasteiger partial charge in [0.2, 0.25) is 0 Å². The van der Waals surface area contributed by atoms with Crippen LogP contribution in [0.4, 0.5) is 0 Å². The van der Waals surface area contributed by atoms with E-state index >= 15 is 0 Å². The van der Waals surface area contributed by atoms with Gasteiger partial charge in [0.15, 0.2) is 0 Å². The summed E-state index contributed by atoms with van der Waals surface area (Å²) in [5.74, 6) is 0.715. The molecule has 0 amide bonds. The quantitative estimate of drug-likeness (QED) is 0.750. The second-order valence-corrected chi connectivity index (χ2v) is 7.62. The Morgan fingerprint density at radius 3 is 2.44 bits per heavy atom. The van der Waals surface area contributed by atoms with Gasteiger partial charge in [-0.15, -0.1) is 11.3 Å². The number of aryl methyl sites for hydroxylation is 1. The summed E-state index contributed by atoms with van der Waals surface area (Å²) in [6, 6.07) is 2.86. The number of hydrogen-bond donors (Lipinski definition) is 1. The van der Waals surface area contributed by atoms with Gasteiger partial charge in [-0.3, -0.25) is 0 Å². The van der Waals surface area contributed by atoms with Gasteiger partial charge in [0.25, 0.3) is 0 Å². The zero-order valence-corrected chi connectivity index (χ0v) is 13.7. The zero-order chi connectivity index (χ0) is 13.8. The van der Waals surface area contributed by atoms with E-state index in [0.29, 0.717) is 17.4 Å². The van der Waals surface area contributed by atoms with Gasteiger partial charge in [-0.25, -0.2) is 0 Å². The molecule has 2 atom stereocenters. The van der Waals surface area contributed by atoms with Crippen molar-refractivity contribution >= 4 is 11.3 Å². The lowest BCUT2D eigenvalue weighted by atomic mass is 9.78. The molecule has 1 rings (SSSR count). The van der Waals surface area contributed by atoms with Gasteiger partial charge in [0.1, 0.15) is 0 Å². The van der Waals surface area contributed by atoms with E-state index in [1.807, 2.05) is 11.3 Å². The van der Waals surface area contributed by atoms with E-state index in [9.17, 15) is 0 Å². The van der Waals surface area contributed by atoms with Crippen molar-refractivity contribution in [3.63, 3.8) is 0 Å². The molecule has 1 heterocycles. The monoisotopic (exact) mass is 267 g/mol. The summed E-state index contributed by atoms with van der Waals surface area (Å²) in [6.45, 7) is 14.9. The van der Waals surface area contributed by atoms with Crippen molar-refractivity contribution in [2.45, 2.75) is 60.4 Å². The summed E-state index contributed by atoms with van der Waals surface area (Å²) in [6.07, 6.45) is 2.42. The highest BCUT2D eigenvalue weighted by Gasteiger charge is 2.24. The van der Waals surface area contributed by atoms with Gasteiger partial charge in [-0.2, -0.15) is 0 Å². The molecule has 1 aromatic heterocycles. The Kier molecular flexibility index (Phi) is 5.87. The predicted octanol–water partition coefficient (Wildman–Crippen LogP) is 5.17. The summed E-state index contributed by atoms with van der Waals surface area (Å²) in [7, 11) is 0. The van der Waals surface area contributed by atoms with Crippen LogP contribution in [-0.4, -0.2) is 6.54 Å². The Morgan fingerprint density at radius 2 is 2.00 bits per heavy atom. The van der Waals surface area contributed by atoms with Crippen molar-refractivity contribution < 1.29 is 0 Å². The largest absolute Gasteiger partial charge is 0.310 e. The topological polar surface area (TPSA) is 12.0 Å². The van der Waals surface area contributed by atoms with Crippen LogP contribution in [0.3, 0.4) is 0 Å². The molecular formula is C16H29NS. The summed E-state index contributed by atoms with van der Waals surface area (Å²) in [5.41, 5.74) is 1.86. The molecular weight excluding hydrogens is 238 g/mol. The van der Waals surface area contributed by atoms with E-state index in [1.54, 1.807) is 0 Å². The number of nitrogens with one attached hydrogen (secondary N) is 1. The predicted molar refractivity (Wildman–Crippen MR) is 83.3 cm³/mol. The maximum Gasteiger partial charge on any atom is 0.0331 e. The van der Waals surface area contributed by atoms with Crippen molar-refractivity contribution in [3.05, 3.63) is 21.9 Å². The molecule has 18 heavy (non-hydrogen) atoms. The molecule has 0 saturated heterocycles. The van der Waals surface area contributed by atoms with Crippen LogP contribution in [0, 0.1) is 18.3 Å². The van der Waals surface area contributed by atoms with Crippen LogP contribution in [0.1, 0.15) is 63.9 Å².